The number of benzene rings is 2. The second kappa shape index (κ2) is 7.43. The van der Waals surface area contributed by atoms with Crippen LogP contribution in [0.3, 0.4) is 0 Å². The molecule has 0 fully saturated rings. The minimum absolute atomic E-state index is 0.122. The topological polar surface area (TPSA) is 58.0 Å². The van der Waals surface area contributed by atoms with Crippen LogP contribution in [0.2, 0.25) is 10.0 Å². The third kappa shape index (κ3) is 3.54. The van der Waals surface area contributed by atoms with Crippen LogP contribution in [-0.4, -0.2) is 15.1 Å². The Kier molecular flexibility index (Phi) is 4.84. The molecule has 0 saturated heterocycles. The maximum absolute atomic E-state index is 10.9. The van der Waals surface area contributed by atoms with Gasteiger partial charge in [-0.25, -0.2) is 0 Å². The van der Waals surface area contributed by atoms with Crippen LogP contribution < -0.4 is 5.32 Å². The summed E-state index contributed by atoms with van der Waals surface area (Å²) in [7, 11) is 0. The van der Waals surface area contributed by atoms with Crippen LogP contribution in [0, 0.1) is 0 Å². The number of anilines is 1. The number of hydrogen-bond acceptors (Lipinski definition) is 4. The molecule has 0 aliphatic carbocycles. The van der Waals surface area contributed by atoms with E-state index in [1.165, 1.54) is 0 Å². The zero-order valence-electron chi connectivity index (χ0n) is 14.1. The van der Waals surface area contributed by atoms with E-state index in [1.54, 1.807) is 24.5 Å². The van der Waals surface area contributed by atoms with Crippen molar-refractivity contribution in [3.63, 3.8) is 0 Å². The fourth-order valence-corrected chi connectivity index (χ4v) is 3.29. The molecule has 2 aromatic carbocycles. The molecule has 6 heteroatoms. The van der Waals surface area contributed by atoms with Gasteiger partial charge in [0.1, 0.15) is 11.3 Å². The van der Waals surface area contributed by atoms with E-state index in [1.807, 2.05) is 48.5 Å². The smallest absolute Gasteiger partial charge is 0.147 e. The van der Waals surface area contributed by atoms with Gasteiger partial charge < -0.3 is 10.4 Å². The van der Waals surface area contributed by atoms with E-state index < -0.39 is 6.04 Å². The lowest BCUT2D eigenvalue weighted by molar-refractivity contribution is 0.471. The lowest BCUT2D eigenvalue weighted by Gasteiger charge is -2.22. The Morgan fingerprint density at radius 1 is 0.852 bits per heavy atom. The van der Waals surface area contributed by atoms with Crippen molar-refractivity contribution in [2.24, 2.45) is 0 Å². The monoisotopic (exact) mass is 395 g/mol. The summed E-state index contributed by atoms with van der Waals surface area (Å²) in [6.07, 6.45) is 3.38. The van der Waals surface area contributed by atoms with Gasteiger partial charge in [-0.15, -0.1) is 0 Å². The fourth-order valence-electron chi connectivity index (χ4n) is 2.99. The van der Waals surface area contributed by atoms with Crippen molar-refractivity contribution in [2.75, 3.05) is 5.32 Å². The molecule has 1 atom stereocenters. The minimum Gasteiger partial charge on any atom is -0.505 e. The summed E-state index contributed by atoms with van der Waals surface area (Å²) in [5.74, 6) is 0.122. The van der Waals surface area contributed by atoms with Crippen molar-refractivity contribution < 1.29 is 5.11 Å². The molecule has 0 aliphatic rings. The molecule has 4 nitrogen and oxygen atoms in total. The SMILES string of the molecule is Oc1c(C(Nc2ccc(Cl)c(Cl)c2)c2ccccn2)ccc2cccnc12. The molecule has 0 bridgehead atoms. The van der Waals surface area contributed by atoms with Gasteiger partial charge >= 0.3 is 0 Å². The van der Waals surface area contributed by atoms with Gasteiger partial charge in [-0.3, -0.25) is 9.97 Å². The number of aromatic nitrogens is 2. The molecular weight excluding hydrogens is 381 g/mol. The predicted octanol–water partition coefficient (Wildman–Crippen LogP) is 5.84. The summed E-state index contributed by atoms with van der Waals surface area (Å²) in [6, 6.07) is 18.1. The number of pyridine rings is 2. The minimum atomic E-state index is -0.394. The zero-order chi connectivity index (χ0) is 18.8. The number of aromatic hydroxyl groups is 1. The van der Waals surface area contributed by atoms with Crippen LogP contribution in [0.1, 0.15) is 17.3 Å². The highest BCUT2D eigenvalue weighted by molar-refractivity contribution is 6.42. The van der Waals surface area contributed by atoms with Crippen LogP contribution >= 0.6 is 23.2 Å². The van der Waals surface area contributed by atoms with Crippen molar-refractivity contribution in [3.05, 3.63) is 94.4 Å². The van der Waals surface area contributed by atoms with E-state index in [-0.39, 0.29) is 5.75 Å². The summed E-state index contributed by atoms with van der Waals surface area (Å²) in [5, 5.41) is 16.1. The molecule has 2 aromatic heterocycles. The average molecular weight is 396 g/mol. The molecule has 2 heterocycles. The lowest BCUT2D eigenvalue weighted by atomic mass is 9.99. The van der Waals surface area contributed by atoms with Gasteiger partial charge in [-0.05, 0) is 36.4 Å². The summed E-state index contributed by atoms with van der Waals surface area (Å²) < 4.78 is 0. The number of phenols is 1. The number of nitrogens with zero attached hydrogens (tertiary/aromatic N) is 2. The predicted molar refractivity (Wildman–Crippen MR) is 110 cm³/mol. The Morgan fingerprint density at radius 2 is 1.70 bits per heavy atom. The van der Waals surface area contributed by atoms with Gasteiger partial charge in [0.2, 0.25) is 0 Å². The van der Waals surface area contributed by atoms with Crippen LogP contribution in [0.5, 0.6) is 5.75 Å². The number of phenolic OH excluding ortho intramolecular Hbond substituents is 1. The molecule has 134 valence electrons. The largest absolute Gasteiger partial charge is 0.505 e. The van der Waals surface area contributed by atoms with E-state index in [2.05, 4.69) is 15.3 Å². The molecule has 4 rings (SSSR count). The molecule has 4 aromatic rings. The third-order valence-corrected chi connectivity index (χ3v) is 5.04. The maximum atomic E-state index is 10.9. The van der Waals surface area contributed by atoms with E-state index in [9.17, 15) is 5.11 Å². The Labute approximate surface area is 166 Å². The van der Waals surface area contributed by atoms with E-state index in [0.29, 0.717) is 21.1 Å². The molecule has 0 saturated carbocycles. The number of hydrogen-bond donors (Lipinski definition) is 2. The Bertz CT molecular complexity index is 1100. The molecule has 2 N–H and O–H groups in total. The first-order valence-corrected chi connectivity index (χ1v) is 9.08. The van der Waals surface area contributed by atoms with Crippen molar-refractivity contribution in [1.29, 1.82) is 0 Å². The first-order chi connectivity index (χ1) is 13.1. The molecule has 0 amide bonds. The summed E-state index contributed by atoms with van der Waals surface area (Å²) >= 11 is 12.2. The van der Waals surface area contributed by atoms with E-state index in [4.69, 9.17) is 23.2 Å². The highest BCUT2D eigenvalue weighted by atomic mass is 35.5. The van der Waals surface area contributed by atoms with Crippen LogP contribution in [0.25, 0.3) is 10.9 Å². The van der Waals surface area contributed by atoms with Crippen molar-refractivity contribution >= 4 is 39.8 Å². The average Bonchev–Trinajstić information content (AvgIpc) is 2.70. The van der Waals surface area contributed by atoms with Crippen LogP contribution in [-0.2, 0) is 0 Å². The number of fused-ring (bicyclic) bond motifs is 1. The second-order valence-corrected chi connectivity index (χ2v) is 6.85. The van der Waals surface area contributed by atoms with Gasteiger partial charge in [0.05, 0.1) is 21.8 Å². The van der Waals surface area contributed by atoms with Crippen molar-refractivity contribution in [2.45, 2.75) is 6.04 Å². The number of rotatable bonds is 4. The third-order valence-electron chi connectivity index (χ3n) is 4.30. The highest BCUT2D eigenvalue weighted by Crippen LogP contribution is 2.36. The van der Waals surface area contributed by atoms with E-state index in [0.717, 1.165) is 16.8 Å². The normalized spacial score (nSPS) is 12.1. The first-order valence-electron chi connectivity index (χ1n) is 8.32. The standard InChI is InChI=1S/C21H15Cl2N3O/c22-16-9-7-14(12-17(16)23)26-20(18-5-1-2-10-24-18)15-8-6-13-4-3-11-25-19(13)21(15)27/h1-12,20,26-27H. The number of nitrogens with one attached hydrogen (secondary N) is 1. The second-order valence-electron chi connectivity index (χ2n) is 6.04. The molecule has 27 heavy (non-hydrogen) atoms. The maximum Gasteiger partial charge on any atom is 0.147 e. The Balaban J connectivity index is 1.83. The van der Waals surface area contributed by atoms with Crippen LogP contribution in [0.15, 0.2) is 73.1 Å². The Morgan fingerprint density at radius 3 is 2.48 bits per heavy atom. The van der Waals surface area contributed by atoms with Crippen LogP contribution in [0.4, 0.5) is 5.69 Å². The highest BCUT2D eigenvalue weighted by Gasteiger charge is 2.21. The summed E-state index contributed by atoms with van der Waals surface area (Å²) in [6.45, 7) is 0. The fraction of sp³-hybridized carbons (Fsp3) is 0.0476. The first kappa shape index (κ1) is 17.6. The molecule has 0 aliphatic heterocycles. The zero-order valence-corrected chi connectivity index (χ0v) is 15.6. The molecule has 0 spiro atoms. The quantitative estimate of drug-likeness (QED) is 0.455. The van der Waals surface area contributed by atoms with Gasteiger partial charge in [0.25, 0.3) is 0 Å². The van der Waals surface area contributed by atoms with E-state index >= 15 is 0 Å². The summed E-state index contributed by atoms with van der Waals surface area (Å²) in [4.78, 5) is 8.77. The number of halogens is 2. The van der Waals surface area contributed by atoms with Gasteiger partial charge in [-0.2, -0.15) is 0 Å². The van der Waals surface area contributed by atoms with Gasteiger partial charge in [-0.1, -0.05) is 47.5 Å². The van der Waals surface area contributed by atoms with Crippen molar-refractivity contribution in [1.82, 2.24) is 9.97 Å². The molecule has 1 unspecified atom stereocenters. The summed E-state index contributed by atoms with van der Waals surface area (Å²) in [5.41, 5.74) is 2.74. The van der Waals surface area contributed by atoms with Crippen molar-refractivity contribution in [3.8, 4) is 5.75 Å². The molecular formula is C21H15Cl2N3O. The molecule has 0 radical (unpaired) electrons. The van der Waals surface area contributed by atoms with Gasteiger partial charge in [0, 0.05) is 29.0 Å². The Hall–Kier alpha value is -2.82. The van der Waals surface area contributed by atoms with Gasteiger partial charge in [0.15, 0.2) is 0 Å². The lowest BCUT2D eigenvalue weighted by Crippen LogP contribution is -2.14.